The van der Waals surface area contributed by atoms with E-state index in [-0.39, 0.29) is 0 Å². The molecule has 1 saturated heterocycles. The van der Waals surface area contributed by atoms with E-state index in [4.69, 9.17) is 5.26 Å². The Balaban J connectivity index is 2.26. The van der Waals surface area contributed by atoms with E-state index < -0.39 is 0 Å². The van der Waals surface area contributed by atoms with Gasteiger partial charge >= 0.3 is 0 Å². The van der Waals surface area contributed by atoms with Gasteiger partial charge in [0, 0.05) is 24.5 Å². The van der Waals surface area contributed by atoms with Gasteiger partial charge in [-0.1, -0.05) is 6.92 Å². The Morgan fingerprint density at radius 2 is 2.31 bits per heavy atom. The molecule has 2 heterocycles. The van der Waals surface area contributed by atoms with Crippen LogP contribution >= 0.6 is 0 Å². The molecule has 0 saturated carbocycles. The van der Waals surface area contributed by atoms with Gasteiger partial charge in [-0.15, -0.1) is 0 Å². The van der Waals surface area contributed by atoms with Gasteiger partial charge in [-0.05, 0) is 37.8 Å². The summed E-state index contributed by atoms with van der Waals surface area (Å²) in [5.74, 6) is 0.715. The molecule has 0 N–H and O–H groups in total. The molecule has 0 aliphatic carbocycles. The Kier molecular flexibility index (Phi) is 3.09. The van der Waals surface area contributed by atoms with E-state index in [0.29, 0.717) is 17.7 Å². The molecule has 1 aromatic rings. The molecule has 3 nitrogen and oxygen atoms in total. The van der Waals surface area contributed by atoms with E-state index in [9.17, 15) is 0 Å². The predicted octanol–water partition coefficient (Wildman–Crippen LogP) is 2.58. The Hall–Kier alpha value is -1.56. The fourth-order valence-corrected chi connectivity index (χ4v) is 2.36. The smallest absolute Gasteiger partial charge is 0.142 e. The molecular weight excluding hydrogens is 198 g/mol. The highest BCUT2D eigenvalue weighted by Crippen LogP contribution is 2.28. The molecule has 0 bridgehead atoms. The third kappa shape index (κ3) is 2.01. The largest absolute Gasteiger partial charge is 0.368 e. The number of pyridine rings is 1. The molecule has 1 fully saturated rings. The van der Waals surface area contributed by atoms with Crippen molar-refractivity contribution in [1.82, 2.24) is 4.98 Å². The molecule has 2 atom stereocenters. The molecule has 1 aromatic heterocycles. The minimum atomic E-state index is 0.503. The van der Waals surface area contributed by atoms with E-state index >= 15 is 0 Å². The Morgan fingerprint density at radius 1 is 1.50 bits per heavy atom. The number of piperidine rings is 1. The summed E-state index contributed by atoms with van der Waals surface area (Å²) in [6.07, 6.45) is 4.25. The van der Waals surface area contributed by atoms with Gasteiger partial charge in [0.1, 0.15) is 11.8 Å². The van der Waals surface area contributed by atoms with Crippen LogP contribution in [0.3, 0.4) is 0 Å². The molecule has 16 heavy (non-hydrogen) atoms. The first-order valence-electron chi connectivity index (χ1n) is 5.85. The molecule has 2 unspecified atom stereocenters. The number of nitrogens with zero attached hydrogens (tertiary/aromatic N) is 3. The summed E-state index contributed by atoms with van der Waals surface area (Å²) >= 11 is 0. The van der Waals surface area contributed by atoms with E-state index in [1.807, 2.05) is 12.1 Å². The molecular formula is C13H17N3. The van der Waals surface area contributed by atoms with Crippen LogP contribution in [0, 0.1) is 17.2 Å². The second-order valence-electron chi connectivity index (χ2n) is 4.56. The lowest BCUT2D eigenvalue weighted by atomic mass is 9.91. The first-order valence-corrected chi connectivity index (χ1v) is 5.85. The summed E-state index contributed by atoms with van der Waals surface area (Å²) in [6.45, 7) is 5.64. The van der Waals surface area contributed by atoms with Crippen LogP contribution in [0.4, 0.5) is 5.69 Å². The summed E-state index contributed by atoms with van der Waals surface area (Å²) < 4.78 is 0. The summed E-state index contributed by atoms with van der Waals surface area (Å²) in [4.78, 5) is 6.39. The fraction of sp³-hybridized carbons (Fsp3) is 0.538. The van der Waals surface area contributed by atoms with Crippen molar-refractivity contribution >= 4 is 5.69 Å². The maximum Gasteiger partial charge on any atom is 0.142 e. The van der Waals surface area contributed by atoms with Gasteiger partial charge in [0.15, 0.2) is 0 Å². The molecule has 2 rings (SSSR count). The third-order valence-electron chi connectivity index (χ3n) is 3.56. The van der Waals surface area contributed by atoms with E-state index in [2.05, 4.69) is 29.8 Å². The lowest BCUT2D eigenvalue weighted by Gasteiger charge is -2.39. The van der Waals surface area contributed by atoms with Crippen LogP contribution in [-0.2, 0) is 0 Å². The van der Waals surface area contributed by atoms with Crippen molar-refractivity contribution in [3.63, 3.8) is 0 Å². The molecule has 0 aromatic carbocycles. The zero-order valence-electron chi connectivity index (χ0n) is 9.85. The normalized spacial score (nSPS) is 25.2. The molecule has 84 valence electrons. The van der Waals surface area contributed by atoms with Crippen molar-refractivity contribution in [1.29, 1.82) is 5.26 Å². The van der Waals surface area contributed by atoms with Crippen LogP contribution in [0.25, 0.3) is 0 Å². The Labute approximate surface area is 96.7 Å². The number of nitriles is 1. The van der Waals surface area contributed by atoms with Crippen molar-refractivity contribution in [2.24, 2.45) is 5.92 Å². The number of hydrogen-bond donors (Lipinski definition) is 0. The van der Waals surface area contributed by atoms with Crippen molar-refractivity contribution in [3.8, 4) is 6.07 Å². The number of hydrogen-bond acceptors (Lipinski definition) is 3. The summed E-state index contributed by atoms with van der Waals surface area (Å²) in [5, 5.41) is 8.85. The van der Waals surface area contributed by atoms with Gasteiger partial charge in [0.25, 0.3) is 0 Å². The van der Waals surface area contributed by atoms with E-state index in [1.165, 1.54) is 12.8 Å². The minimum absolute atomic E-state index is 0.503. The number of anilines is 1. The van der Waals surface area contributed by atoms with E-state index in [1.54, 1.807) is 6.20 Å². The fourth-order valence-electron chi connectivity index (χ4n) is 2.36. The quantitative estimate of drug-likeness (QED) is 0.723. The first kappa shape index (κ1) is 10.9. The third-order valence-corrected chi connectivity index (χ3v) is 3.56. The minimum Gasteiger partial charge on any atom is -0.368 e. The van der Waals surface area contributed by atoms with Gasteiger partial charge in [0.2, 0.25) is 0 Å². The van der Waals surface area contributed by atoms with Crippen LogP contribution < -0.4 is 4.90 Å². The second kappa shape index (κ2) is 4.52. The van der Waals surface area contributed by atoms with Crippen LogP contribution in [0.1, 0.15) is 32.4 Å². The highest BCUT2D eigenvalue weighted by atomic mass is 15.2. The zero-order valence-corrected chi connectivity index (χ0v) is 9.85. The monoisotopic (exact) mass is 215 g/mol. The lowest BCUT2D eigenvalue weighted by Crippen LogP contribution is -2.42. The standard InChI is InChI=1S/C13H17N3/c1-10-4-3-7-16(11(10)2)13-5-6-15-12(8-13)9-14/h5-6,8,10-11H,3-4,7H2,1-2H3. The van der Waals surface area contributed by atoms with Gasteiger partial charge < -0.3 is 4.90 Å². The highest BCUT2D eigenvalue weighted by Gasteiger charge is 2.24. The highest BCUT2D eigenvalue weighted by molar-refractivity contribution is 5.50. The average molecular weight is 215 g/mol. The van der Waals surface area contributed by atoms with Gasteiger partial charge in [-0.3, -0.25) is 0 Å². The van der Waals surface area contributed by atoms with Gasteiger partial charge in [-0.25, -0.2) is 4.98 Å². The zero-order chi connectivity index (χ0) is 11.5. The molecule has 3 heteroatoms. The van der Waals surface area contributed by atoms with Gasteiger partial charge in [0.05, 0.1) is 0 Å². The molecule has 0 amide bonds. The van der Waals surface area contributed by atoms with Crippen LogP contribution in [-0.4, -0.2) is 17.6 Å². The molecule has 1 aliphatic heterocycles. The van der Waals surface area contributed by atoms with Crippen molar-refractivity contribution in [2.45, 2.75) is 32.7 Å². The maximum atomic E-state index is 8.85. The Bertz CT molecular complexity index is 408. The number of aromatic nitrogens is 1. The van der Waals surface area contributed by atoms with Crippen molar-refractivity contribution in [3.05, 3.63) is 24.0 Å². The topological polar surface area (TPSA) is 39.9 Å². The van der Waals surface area contributed by atoms with E-state index in [0.717, 1.165) is 12.2 Å². The average Bonchev–Trinajstić information content (AvgIpc) is 2.33. The van der Waals surface area contributed by atoms with Crippen molar-refractivity contribution in [2.75, 3.05) is 11.4 Å². The van der Waals surface area contributed by atoms with Crippen LogP contribution in [0.15, 0.2) is 18.3 Å². The SMILES string of the molecule is CC1CCCN(c2ccnc(C#N)c2)C1C. The second-order valence-corrected chi connectivity index (χ2v) is 4.56. The van der Waals surface area contributed by atoms with Crippen LogP contribution in [0.2, 0.25) is 0 Å². The maximum absolute atomic E-state index is 8.85. The van der Waals surface area contributed by atoms with Crippen molar-refractivity contribution < 1.29 is 0 Å². The predicted molar refractivity (Wildman–Crippen MR) is 64.2 cm³/mol. The summed E-state index contributed by atoms with van der Waals surface area (Å²) in [7, 11) is 0. The van der Waals surface area contributed by atoms with Crippen LogP contribution in [0.5, 0.6) is 0 Å². The first-order chi connectivity index (χ1) is 7.72. The number of rotatable bonds is 1. The molecule has 1 aliphatic rings. The van der Waals surface area contributed by atoms with Gasteiger partial charge in [-0.2, -0.15) is 5.26 Å². The summed E-state index contributed by atoms with van der Waals surface area (Å²) in [6, 6.07) is 6.52. The summed E-state index contributed by atoms with van der Waals surface area (Å²) in [5.41, 5.74) is 1.63. The molecule has 0 spiro atoms. The lowest BCUT2D eigenvalue weighted by molar-refractivity contribution is 0.363. The molecule has 0 radical (unpaired) electrons. The Morgan fingerprint density at radius 3 is 3.06 bits per heavy atom.